The van der Waals surface area contributed by atoms with Crippen molar-refractivity contribution in [2.45, 2.75) is 52.5 Å². The van der Waals surface area contributed by atoms with Crippen LogP contribution in [-0.2, 0) is 11.2 Å². The predicted molar refractivity (Wildman–Crippen MR) is 76.5 cm³/mol. The van der Waals surface area contributed by atoms with Gasteiger partial charge in [-0.2, -0.15) is 0 Å². The molecule has 0 bridgehead atoms. The molecule has 2 nitrogen and oxygen atoms in total. The summed E-state index contributed by atoms with van der Waals surface area (Å²) >= 11 is 0. The largest absolute Gasteiger partial charge is 0.340 e. The molecule has 1 amide bonds. The van der Waals surface area contributed by atoms with E-state index in [1.54, 1.807) is 12.1 Å². The first-order chi connectivity index (χ1) is 9.08. The number of nitrogens with zero attached hydrogens (tertiary/aromatic N) is 1. The van der Waals surface area contributed by atoms with Gasteiger partial charge in [0.2, 0.25) is 5.91 Å². The Morgan fingerprint density at radius 3 is 2.42 bits per heavy atom. The van der Waals surface area contributed by atoms with Crippen molar-refractivity contribution < 1.29 is 9.18 Å². The summed E-state index contributed by atoms with van der Waals surface area (Å²) in [7, 11) is 0. The number of unbranched alkanes of at least 4 members (excludes halogenated alkanes) is 1. The first kappa shape index (κ1) is 15.7. The highest BCUT2D eigenvalue weighted by Crippen LogP contribution is 2.11. The van der Waals surface area contributed by atoms with E-state index in [0.717, 1.165) is 31.4 Å². The molecular weight excluding hydrogens is 241 g/mol. The Morgan fingerprint density at radius 1 is 1.26 bits per heavy atom. The van der Waals surface area contributed by atoms with E-state index in [1.807, 2.05) is 4.90 Å². The number of hydrogen-bond acceptors (Lipinski definition) is 1. The molecule has 0 aromatic heterocycles. The summed E-state index contributed by atoms with van der Waals surface area (Å²) in [5.41, 5.74) is 0.871. The van der Waals surface area contributed by atoms with Gasteiger partial charge in [0.1, 0.15) is 5.82 Å². The van der Waals surface area contributed by atoms with Crippen LogP contribution >= 0.6 is 0 Å². The van der Waals surface area contributed by atoms with E-state index in [-0.39, 0.29) is 17.8 Å². The minimum Gasteiger partial charge on any atom is -0.340 e. The van der Waals surface area contributed by atoms with Crippen molar-refractivity contribution in [3.63, 3.8) is 0 Å². The summed E-state index contributed by atoms with van der Waals surface area (Å²) in [6.45, 7) is 7.11. The minimum atomic E-state index is -0.263. The Hall–Kier alpha value is -1.38. The molecule has 0 saturated heterocycles. The van der Waals surface area contributed by atoms with Crippen LogP contribution in [0.1, 0.15) is 45.6 Å². The highest BCUT2D eigenvalue weighted by molar-refractivity contribution is 5.79. The van der Waals surface area contributed by atoms with Gasteiger partial charge in [-0.05, 0) is 37.5 Å². The summed E-state index contributed by atoms with van der Waals surface area (Å²) in [4.78, 5) is 14.3. The summed E-state index contributed by atoms with van der Waals surface area (Å²) < 4.78 is 12.8. The topological polar surface area (TPSA) is 20.3 Å². The Morgan fingerprint density at radius 2 is 1.89 bits per heavy atom. The van der Waals surface area contributed by atoms with Crippen LogP contribution in [0.15, 0.2) is 24.3 Å². The molecule has 106 valence electrons. The van der Waals surface area contributed by atoms with Gasteiger partial charge in [0, 0.05) is 12.6 Å². The second kappa shape index (κ2) is 7.93. The number of carbonyl (C=O) groups excluding carboxylic acids is 1. The van der Waals surface area contributed by atoms with Crippen LogP contribution in [0.3, 0.4) is 0 Å². The average Bonchev–Trinajstić information content (AvgIpc) is 2.41. The number of hydrogen-bond donors (Lipinski definition) is 0. The monoisotopic (exact) mass is 265 g/mol. The Balaban J connectivity index is 2.67. The van der Waals surface area contributed by atoms with Crippen LogP contribution in [0, 0.1) is 5.82 Å². The highest BCUT2D eigenvalue weighted by Gasteiger charge is 2.18. The molecule has 0 fully saturated rings. The summed E-state index contributed by atoms with van der Waals surface area (Å²) in [5.74, 6) is -0.129. The predicted octanol–water partition coefficient (Wildman–Crippen LogP) is 3.80. The van der Waals surface area contributed by atoms with Crippen molar-refractivity contribution in [2.24, 2.45) is 0 Å². The van der Waals surface area contributed by atoms with Crippen LogP contribution in [0.25, 0.3) is 0 Å². The molecular formula is C16H24FNO. The lowest BCUT2D eigenvalue weighted by molar-refractivity contribution is -0.132. The average molecular weight is 265 g/mol. The van der Waals surface area contributed by atoms with Crippen LogP contribution in [0.2, 0.25) is 0 Å². The number of halogens is 1. The van der Waals surface area contributed by atoms with Crippen molar-refractivity contribution >= 4 is 5.91 Å². The fourth-order valence-corrected chi connectivity index (χ4v) is 2.02. The highest BCUT2D eigenvalue weighted by atomic mass is 19.1. The van der Waals surface area contributed by atoms with E-state index >= 15 is 0 Å². The van der Waals surface area contributed by atoms with Gasteiger partial charge in [-0.25, -0.2) is 4.39 Å². The standard InChI is InChI=1S/C16H24FNO/c1-4-6-11-18(13(3)5-2)16(19)12-14-7-9-15(17)10-8-14/h7-10,13H,4-6,11-12H2,1-3H3. The second-order valence-corrected chi connectivity index (χ2v) is 5.00. The molecule has 0 N–H and O–H groups in total. The van der Waals surface area contributed by atoms with Crippen LogP contribution in [0.5, 0.6) is 0 Å². The third-order valence-electron chi connectivity index (χ3n) is 3.46. The van der Waals surface area contributed by atoms with E-state index in [4.69, 9.17) is 0 Å². The zero-order valence-electron chi connectivity index (χ0n) is 12.2. The summed E-state index contributed by atoms with van der Waals surface area (Å²) in [5, 5.41) is 0. The van der Waals surface area contributed by atoms with Crippen LogP contribution < -0.4 is 0 Å². The Kier molecular flexibility index (Phi) is 6.54. The lowest BCUT2D eigenvalue weighted by Gasteiger charge is -2.28. The van der Waals surface area contributed by atoms with Gasteiger partial charge >= 0.3 is 0 Å². The number of benzene rings is 1. The van der Waals surface area contributed by atoms with Gasteiger partial charge in [0.25, 0.3) is 0 Å². The van der Waals surface area contributed by atoms with Crippen molar-refractivity contribution in [3.8, 4) is 0 Å². The van der Waals surface area contributed by atoms with E-state index in [9.17, 15) is 9.18 Å². The summed E-state index contributed by atoms with van der Waals surface area (Å²) in [6.07, 6.45) is 3.42. The third-order valence-corrected chi connectivity index (χ3v) is 3.46. The first-order valence-corrected chi connectivity index (χ1v) is 7.12. The lowest BCUT2D eigenvalue weighted by atomic mass is 10.1. The molecule has 1 atom stereocenters. The number of carbonyl (C=O) groups is 1. The number of amides is 1. The number of rotatable bonds is 7. The van der Waals surface area contributed by atoms with Crippen molar-refractivity contribution in [1.29, 1.82) is 0 Å². The van der Waals surface area contributed by atoms with Crippen molar-refractivity contribution in [1.82, 2.24) is 4.90 Å². The van der Waals surface area contributed by atoms with Gasteiger partial charge in [-0.1, -0.05) is 32.4 Å². The SMILES string of the molecule is CCCCN(C(=O)Cc1ccc(F)cc1)C(C)CC. The van der Waals surface area contributed by atoms with Gasteiger partial charge in [-0.3, -0.25) is 4.79 Å². The molecule has 1 unspecified atom stereocenters. The molecule has 19 heavy (non-hydrogen) atoms. The maximum Gasteiger partial charge on any atom is 0.227 e. The molecule has 0 aliphatic rings. The Bertz CT molecular complexity index is 388. The fraction of sp³-hybridized carbons (Fsp3) is 0.562. The maximum atomic E-state index is 12.8. The van der Waals surface area contributed by atoms with Crippen LogP contribution in [0.4, 0.5) is 4.39 Å². The molecule has 0 saturated carbocycles. The van der Waals surface area contributed by atoms with Crippen LogP contribution in [-0.4, -0.2) is 23.4 Å². The third kappa shape index (κ3) is 5.01. The first-order valence-electron chi connectivity index (χ1n) is 7.12. The van der Waals surface area contributed by atoms with Gasteiger partial charge in [0.05, 0.1) is 6.42 Å². The van der Waals surface area contributed by atoms with Crippen molar-refractivity contribution in [3.05, 3.63) is 35.6 Å². The van der Waals surface area contributed by atoms with Gasteiger partial charge < -0.3 is 4.90 Å². The van der Waals surface area contributed by atoms with E-state index in [2.05, 4.69) is 20.8 Å². The second-order valence-electron chi connectivity index (χ2n) is 5.00. The molecule has 0 spiro atoms. The molecule has 0 radical (unpaired) electrons. The lowest BCUT2D eigenvalue weighted by Crippen LogP contribution is -2.40. The van der Waals surface area contributed by atoms with E-state index < -0.39 is 0 Å². The quantitative estimate of drug-likeness (QED) is 0.734. The Labute approximate surface area is 115 Å². The summed E-state index contributed by atoms with van der Waals surface area (Å²) in [6, 6.07) is 6.44. The van der Waals surface area contributed by atoms with Crippen molar-refractivity contribution in [2.75, 3.05) is 6.54 Å². The molecule has 0 aliphatic carbocycles. The minimum absolute atomic E-state index is 0.134. The molecule has 1 aromatic carbocycles. The molecule has 1 rings (SSSR count). The van der Waals surface area contributed by atoms with E-state index in [0.29, 0.717) is 6.42 Å². The van der Waals surface area contributed by atoms with E-state index in [1.165, 1.54) is 12.1 Å². The maximum absolute atomic E-state index is 12.8. The molecule has 0 aliphatic heterocycles. The smallest absolute Gasteiger partial charge is 0.227 e. The zero-order valence-corrected chi connectivity index (χ0v) is 12.2. The molecule has 3 heteroatoms. The van der Waals surface area contributed by atoms with Gasteiger partial charge in [-0.15, -0.1) is 0 Å². The fourth-order valence-electron chi connectivity index (χ4n) is 2.02. The molecule has 1 aromatic rings. The molecule has 0 heterocycles. The van der Waals surface area contributed by atoms with Gasteiger partial charge in [0.15, 0.2) is 0 Å². The normalized spacial score (nSPS) is 12.2. The zero-order chi connectivity index (χ0) is 14.3.